The Kier molecular flexibility index (Phi) is 8.01. The summed E-state index contributed by atoms with van der Waals surface area (Å²) in [7, 11) is 0. The smallest absolute Gasteiger partial charge is 0.0488 e. The first-order chi connectivity index (χ1) is 9.04. The molecule has 1 aliphatic carbocycles. The van der Waals surface area contributed by atoms with Crippen LogP contribution in [-0.2, 0) is 4.74 Å². The van der Waals surface area contributed by atoms with Gasteiger partial charge >= 0.3 is 0 Å². The highest BCUT2D eigenvalue weighted by Crippen LogP contribution is 2.35. The molecule has 0 aromatic carbocycles. The van der Waals surface area contributed by atoms with Crippen LogP contribution in [0.25, 0.3) is 0 Å². The summed E-state index contributed by atoms with van der Waals surface area (Å²) in [6, 6.07) is 0.725. The van der Waals surface area contributed by atoms with Crippen LogP contribution in [0, 0.1) is 23.7 Å². The van der Waals surface area contributed by atoms with E-state index in [-0.39, 0.29) is 0 Å². The van der Waals surface area contributed by atoms with Gasteiger partial charge in [-0.3, -0.25) is 0 Å². The zero-order valence-electron chi connectivity index (χ0n) is 13.7. The lowest BCUT2D eigenvalue weighted by Crippen LogP contribution is -2.41. The van der Waals surface area contributed by atoms with Crippen LogP contribution >= 0.6 is 0 Å². The minimum absolute atomic E-state index is 0.652. The van der Waals surface area contributed by atoms with Crippen molar-refractivity contribution in [1.29, 1.82) is 0 Å². The van der Waals surface area contributed by atoms with E-state index in [9.17, 15) is 0 Å². The van der Waals surface area contributed by atoms with E-state index in [0.29, 0.717) is 5.92 Å². The van der Waals surface area contributed by atoms with Gasteiger partial charge in [0.25, 0.3) is 0 Å². The van der Waals surface area contributed by atoms with Gasteiger partial charge in [-0.05, 0) is 55.9 Å². The standard InChI is InChI=1S/C17H35NO/c1-6-18-17-8-7-15(14(4)5)11-16(17)9-10-19-12-13(2)3/h13-18H,6-12H2,1-5H3. The molecule has 1 N–H and O–H groups in total. The molecular weight excluding hydrogens is 234 g/mol. The zero-order chi connectivity index (χ0) is 14.3. The summed E-state index contributed by atoms with van der Waals surface area (Å²) in [6.07, 6.45) is 5.37. The molecule has 1 saturated carbocycles. The van der Waals surface area contributed by atoms with Gasteiger partial charge in [-0.15, -0.1) is 0 Å². The minimum atomic E-state index is 0.652. The Morgan fingerprint density at radius 3 is 2.47 bits per heavy atom. The molecule has 2 nitrogen and oxygen atoms in total. The second kappa shape index (κ2) is 8.97. The van der Waals surface area contributed by atoms with Crippen molar-refractivity contribution in [3.63, 3.8) is 0 Å². The van der Waals surface area contributed by atoms with Gasteiger partial charge in [0.15, 0.2) is 0 Å². The van der Waals surface area contributed by atoms with Gasteiger partial charge in [-0.25, -0.2) is 0 Å². The Morgan fingerprint density at radius 1 is 1.16 bits per heavy atom. The van der Waals surface area contributed by atoms with E-state index in [1.165, 1.54) is 25.7 Å². The lowest BCUT2D eigenvalue weighted by Gasteiger charge is -2.38. The topological polar surface area (TPSA) is 21.3 Å². The lowest BCUT2D eigenvalue weighted by molar-refractivity contribution is 0.0756. The highest BCUT2D eigenvalue weighted by molar-refractivity contribution is 4.85. The van der Waals surface area contributed by atoms with E-state index < -0.39 is 0 Å². The molecule has 0 saturated heterocycles. The van der Waals surface area contributed by atoms with Crippen molar-refractivity contribution in [2.75, 3.05) is 19.8 Å². The summed E-state index contributed by atoms with van der Waals surface area (Å²) in [5, 5.41) is 3.69. The first kappa shape index (κ1) is 17.0. The number of hydrogen-bond donors (Lipinski definition) is 1. The molecule has 2 heteroatoms. The molecule has 3 unspecified atom stereocenters. The van der Waals surface area contributed by atoms with Gasteiger partial charge in [-0.2, -0.15) is 0 Å². The molecule has 0 bridgehead atoms. The molecule has 1 aliphatic rings. The Hall–Kier alpha value is -0.0800. The van der Waals surface area contributed by atoms with Crippen molar-refractivity contribution in [3.05, 3.63) is 0 Å². The van der Waals surface area contributed by atoms with Crippen molar-refractivity contribution in [2.45, 2.75) is 66.3 Å². The maximum Gasteiger partial charge on any atom is 0.0488 e. The monoisotopic (exact) mass is 269 g/mol. The van der Waals surface area contributed by atoms with E-state index in [1.54, 1.807) is 0 Å². The SMILES string of the molecule is CCNC1CCC(C(C)C)CC1CCOCC(C)C. The normalized spacial score (nSPS) is 28.3. The third kappa shape index (κ3) is 6.27. The van der Waals surface area contributed by atoms with E-state index in [0.717, 1.165) is 43.6 Å². The van der Waals surface area contributed by atoms with Gasteiger partial charge in [0, 0.05) is 19.3 Å². The van der Waals surface area contributed by atoms with Gasteiger partial charge < -0.3 is 10.1 Å². The first-order valence-electron chi connectivity index (χ1n) is 8.35. The van der Waals surface area contributed by atoms with E-state index >= 15 is 0 Å². The van der Waals surface area contributed by atoms with Crippen molar-refractivity contribution in [2.24, 2.45) is 23.7 Å². The van der Waals surface area contributed by atoms with Crippen molar-refractivity contribution >= 4 is 0 Å². The predicted molar refractivity (Wildman–Crippen MR) is 83.4 cm³/mol. The Balaban J connectivity index is 2.38. The maximum atomic E-state index is 5.79. The molecule has 19 heavy (non-hydrogen) atoms. The lowest BCUT2D eigenvalue weighted by atomic mass is 9.72. The summed E-state index contributed by atoms with van der Waals surface area (Å²) in [4.78, 5) is 0. The largest absolute Gasteiger partial charge is 0.381 e. The molecule has 1 rings (SSSR count). The van der Waals surface area contributed by atoms with E-state index in [1.807, 2.05) is 0 Å². The second-order valence-corrected chi connectivity index (χ2v) is 7.00. The summed E-state index contributed by atoms with van der Waals surface area (Å²) < 4.78 is 5.79. The third-order valence-corrected chi connectivity index (χ3v) is 4.52. The van der Waals surface area contributed by atoms with Crippen molar-refractivity contribution in [1.82, 2.24) is 5.32 Å². The Bertz CT molecular complexity index is 227. The molecule has 3 atom stereocenters. The molecule has 0 heterocycles. The summed E-state index contributed by atoms with van der Waals surface area (Å²) in [6.45, 7) is 14.4. The van der Waals surface area contributed by atoms with E-state index in [2.05, 4.69) is 39.9 Å². The average Bonchev–Trinajstić information content (AvgIpc) is 2.36. The van der Waals surface area contributed by atoms with Crippen LogP contribution in [0.2, 0.25) is 0 Å². The van der Waals surface area contributed by atoms with Crippen molar-refractivity contribution in [3.8, 4) is 0 Å². The quantitative estimate of drug-likeness (QED) is 0.670. The van der Waals surface area contributed by atoms with Gasteiger partial charge in [0.1, 0.15) is 0 Å². The van der Waals surface area contributed by atoms with Gasteiger partial charge in [0.2, 0.25) is 0 Å². The molecule has 0 radical (unpaired) electrons. The number of ether oxygens (including phenoxy) is 1. The highest BCUT2D eigenvalue weighted by Gasteiger charge is 2.30. The molecular formula is C17H35NO. The number of rotatable bonds is 8. The van der Waals surface area contributed by atoms with Crippen LogP contribution in [0.4, 0.5) is 0 Å². The molecule has 0 aromatic heterocycles. The van der Waals surface area contributed by atoms with Crippen LogP contribution in [-0.4, -0.2) is 25.8 Å². The Morgan fingerprint density at radius 2 is 1.89 bits per heavy atom. The molecule has 0 aliphatic heterocycles. The summed E-state index contributed by atoms with van der Waals surface area (Å²) >= 11 is 0. The Labute approximate surface area is 120 Å². The highest BCUT2D eigenvalue weighted by atomic mass is 16.5. The molecule has 0 spiro atoms. The van der Waals surface area contributed by atoms with Crippen LogP contribution < -0.4 is 5.32 Å². The fourth-order valence-electron chi connectivity index (χ4n) is 3.31. The maximum absolute atomic E-state index is 5.79. The molecule has 114 valence electrons. The summed E-state index contributed by atoms with van der Waals surface area (Å²) in [5.41, 5.74) is 0. The fourth-order valence-corrected chi connectivity index (χ4v) is 3.31. The summed E-state index contributed by atoms with van der Waals surface area (Å²) in [5.74, 6) is 3.22. The van der Waals surface area contributed by atoms with Crippen LogP contribution in [0.15, 0.2) is 0 Å². The van der Waals surface area contributed by atoms with E-state index in [4.69, 9.17) is 4.74 Å². The molecule has 0 aromatic rings. The minimum Gasteiger partial charge on any atom is -0.381 e. The van der Waals surface area contributed by atoms with Crippen molar-refractivity contribution < 1.29 is 4.74 Å². The van der Waals surface area contributed by atoms with Crippen LogP contribution in [0.5, 0.6) is 0 Å². The fraction of sp³-hybridized carbons (Fsp3) is 1.00. The first-order valence-corrected chi connectivity index (χ1v) is 8.35. The zero-order valence-corrected chi connectivity index (χ0v) is 13.7. The molecule has 1 fully saturated rings. The van der Waals surface area contributed by atoms with Crippen LogP contribution in [0.1, 0.15) is 60.3 Å². The van der Waals surface area contributed by atoms with Crippen LogP contribution in [0.3, 0.4) is 0 Å². The van der Waals surface area contributed by atoms with Gasteiger partial charge in [-0.1, -0.05) is 34.6 Å². The number of hydrogen-bond acceptors (Lipinski definition) is 2. The third-order valence-electron chi connectivity index (χ3n) is 4.52. The predicted octanol–water partition coefficient (Wildman–Crippen LogP) is 4.10. The second-order valence-electron chi connectivity index (χ2n) is 7.00. The molecule has 0 amide bonds. The number of nitrogens with one attached hydrogen (secondary N) is 1. The van der Waals surface area contributed by atoms with Gasteiger partial charge in [0.05, 0.1) is 0 Å². The average molecular weight is 269 g/mol.